The van der Waals surface area contributed by atoms with Crippen LogP contribution >= 0.6 is 15.9 Å². The molecular formula is C18H30BrNO. The summed E-state index contributed by atoms with van der Waals surface area (Å²) >= 11 is 3.69. The summed E-state index contributed by atoms with van der Waals surface area (Å²) in [6, 6.07) is 0. The normalized spacial score (nSPS) is 45.9. The molecule has 21 heavy (non-hydrogen) atoms. The topological polar surface area (TPSA) is 29.1 Å². The molecule has 4 rings (SSSR count). The Kier molecular flexibility index (Phi) is 3.75. The van der Waals surface area contributed by atoms with Crippen molar-refractivity contribution in [1.29, 1.82) is 0 Å². The van der Waals surface area contributed by atoms with Crippen LogP contribution in [0.2, 0.25) is 0 Å². The lowest BCUT2D eigenvalue weighted by Gasteiger charge is -2.64. The van der Waals surface area contributed by atoms with Gasteiger partial charge in [0.2, 0.25) is 5.91 Å². The van der Waals surface area contributed by atoms with Crippen molar-refractivity contribution in [1.82, 2.24) is 5.32 Å². The van der Waals surface area contributed by atoms with Crippen LogP contribution in [0.25, 0.3) is 0 Å². The van der Waals surface area contributed by atoms with Crippen molar-refractivity contribution in [3.63, 3.8) is 0 Å². The molecule has 4 fully saturated rings. The maximum atomic E-state index is 13.0. The number of rotatable bonds is 4. The van der Waals surface area contributed by atoms with Crippen LogP contribution in [0.5, 0.6) is 0 Å². The number of amides is 1. The summed E-state index contributed by atoms with van der Waals surface area (Å²) < 4.78 is 0. The van der Waals surface area contributed by atoms with Crippen LogP contribution < -0.4 is 5.32 Å². The number of alkyl halides is 1. The smallest absolute Gasteiger partial charge is 0.226 e. The van der Waals surface area contributed by atoms with Gasteiger partial charge in [0, 0.05) is 11.4 Å². The molecule has 3 heteroatoms. The number of hydrogen-bond donors (Lipinski definition) is 1. The molecule has 0 saturated heterocycles. The minimum atomic E-state index is -0.0629. The molecule has 1 N–H and O–H groups in total. The molecule has 3 atom stereocenters. The molecule has 1 amide bonds. The highest BCUT2D eigenvalue weighted by Crippen LogP contribution is 2.69. The maximum Gasteiger partial charge on any atom is 0.226 e. The van der Waals surface area contributed by atoms with Gasteiger partial charge in [0.1, 0.15) is 0 Å². The SMILES string of the molecule is CC(C)C(Br)CNC(=O)C12CC3CC(C)(CC(C)(C3)C1)C2. The van der Waals surface area contributed by atoms with Crippen LogP contribution in [0.1, 0.15) is 66.2 Å². The first-order valence-electron chi connectivity index (χ1n) is 8.58. The van der Waals surface area contributed by atoms with Gasteiger partial charge in [-0.05, 0) is 61.2 Å². The molecule has 4 aliphatic rings. The minimum absolute atomic E-state index is 0.0629. The molecule has 4 aliphatic carbocycles. The van der Waals surface area contributed by atoms with Gasteiger partial charge < -0.3 is 5.32 Å². The average Bonchev–Trinajstić information content (AvgIpc) is 2.30. The maximum absolute atomic E-state index is 13.0. The van der Waals surface area contributed by atoms with E-state index in [1.54, 1.807) is 0 Å². The van der Waals surface area contributed by atoms with Crippen LogP contribution in [0.4, 0.5) is 0 Å². The third-order valence-corrected chi connectivity index (χ3v) is 7.67. The third kappa shape index (κ3) is 2.80. The number of carbonyl (C=O) groups excluding carboxylic acids is 1. The fourth-order valence-electron chi connectivity index (χ4n) is 6.31. The second-order valence-electron chi connectivity index (χ2n) is 9.38. The van der Waals surface area contributed by atoms with Crippen molar-refractivity contribution in [3.05, 3.63) is 0 Å². The second kappa shape index (κ2) is 4.97. The van der Waals surface area contributed by atoms with Crippen molar-refractivity contribution < 1.29 is 4.79 Å². The van der Waals surface area contributed by atoms with E-state index >= 15 is 0 Å². The van der Waals surface area contributed by atoms with E-state index in [9.17, 15) is 4.79 Å². The number of nitrogens with one attached hydrogen (secondary N) is 1. The van der Waals surface area contributed by atoms with Gasteiger partial charge in [0.05, 0.1) is 5.41 Å². The lowest BCUT2D eigenvalue weighted by atomic mass is 9.40. The predicted molar refractivity (Wildman–Crippen MR) is 90.4 cm³/mol. The van der Waals surface area contributed by atoms with Gasteiger partial charge in [-0.25, -0.2) is 0 Å². The van der Waals surface area contributed by atoms with Crippen LogP contribution in [0, 0.1) is 28.1 Å². The van der Waals surface area contributed by atoms with Crippen molar-refractivity contribution in [2.45, 2.75) is 71.0 Å². The zero-order chi connectivity index (χ0) is 15.5. The van der Waals surface area contributed by atoms with E-state index in [0.29, 0.717) is 27.5 Å². The zero-order valence-corrected chi connectivity index (χ0v) is 15.6. The quantitative estimate of drug-likeness (QED) is 0.738. The molecule has 0 aromatic heterocycles. The van der Waals surface area contributed by atoms with Gasteiger partial charge >= 0.3 is 0 Å². The monoisotopic (exact) mass is 355 g/mol. The highest BCUT2D eigenvalue weighted by Gasteiger charge is 2.62. The van der Waals surface area contributed by atoms with Crippen molar-refractivity contribution in [3.8, 4) is 0 Å². The van der Waals surface area contributed by atoms with Gasteiger partial charge in [-0.3, -0.25) is 4.79 Å². The van der Waals surface area contributed by atoms with E-state index in [2.05, 4.69) is 48.9 Å². The summed E-state index contributed by atoms with van der Waals surface area (Å²) in [6.07, 6.45) is 7.41. The van der Waals surface area contributed by atoms with Crippen molar-refractivity contribution in [2.75, 3.05) is 6.54 Å². The Hall–Kier alpha value is -0.0500. The molecule has 0 spiro atoms. The fourth-order valence-corrected chi connectivity index (χ4v) is 6.48. The van der Waals surface area contributed by atoms with Gasteiger partial charge in [-0.1, -0.05) is 43.6 Å². The minimum Gasteiger partial charge on any atom is -0.354 e. The van der Waals surface area contributed by atoms with Crippen molar-refractivity contribution >= 4 is 21.8 Å². The summed E-state index contributed by atoms with van der Waals surface area (Å²) in [4.78, 5) is 13.4. The first-order chi connectivity index (χ1) is 9.65. The van der Waals surface area contributed by atoms with E-state index in [0.717, 1.165) is 31.7 Å². The van der Waals surface area contributed by atoms with Crippen LogP contribution in [0.3, 0.4) is 0 Å². The summed E-state index contributed by atoms with van der Waals surface area (Å²) in [5.74, 6) is 1.68. The number of halogens is 1. The Bertz CT molecular complexity index is 428. The fraction of sp³-hybridized carbons (Fsp3) is 0.944. The van der Waals surface area contributed by atoms with Crippen molar-refractivity contribution in [2.24, 2.45) is 28.1 Å². The highest BCUT2D eigenvalue weighted by molar-refractivity contribution is 9.09. The molecule has 2 nitrogen and oxygen atoms in total. The van der Waals surface area contributed by atoms with Gasteiger partial charge in [-0.15, -0.1) is 0 Å². The van der Waals surface area contributed by atoms with E-state index < -0.39 is 0 Å². The van der Waals surface area contributed by atoms with Gasteiger partial charge in [-0.2, -0.15) is 0 Å². The molecule has 0 aromatic rings. The standard InChI is InChI=1S/C18H30BrNO/c1-12(2)14(19)8-20-15(21)18-7-13-5-16(3,10-18)9-17(4,6-13)11-18/h12-14H,5-11H2,1-4H3,(H,20,21). The molecule has 3 unspecified atom stereocenters. The number of hydrogen-bond acceptors (Lipinski definition) is 1. The molecule has 0 aliphatic heterocycles. The summed E-state index contributed by atoms with van der Waals surface area (Å²) in [7, 11) is 0. The summed E-state index contributed by atoms with van der Waals surface area (Å²) in [6.45, 7) is 10.0. The van der Waals surface area contributed by atoms with E-state index in [1.165, 1.54) is 19.3 Å². The molecule has 120 valence electrons. The Morgan fingerprint density at radius 1 is 1.14 bits per heavy atom. The zero-order valence-electron chi connectivity index (χ0n) is 14.0. The first kappa shape index (κ1) is 15.8. The highest BCUT2D eigenvalue weighted by atomic mass is 79.9. The average molecular weight is 356 g/mol. The van der Waals surface area contributed by atoms with E-state index in [4.69, 9.17) is 0 Å². The Morgan fingerprint density at radius 3 is 2.19 bits per heavy atom. The molecular weight excluding hydrogens is 326 g/mol. The Labute approximate surface area is 138 Å². The third-order valence-electron chi connectivity index (χ3n) is 6.29. The Morgan fingerprint density at radius 2 is 1.71 bits per heavy atom. The largest absolute Gasteiger partial charge is 0.354 e. The summed E-state index contributed by atoms with van der Waals surface area (Å²) in [5, 5.41) is 3.27. The molecule has 4 bridgehead atoms. The number of carbonyl (C=O) groups is 1. The van der Waals surface area contributed by atoms with Crippen LogP contribution in [-0.4, -0.2) is 17.3 Å². The van der Waals surface area contributed by atoms with E-state index in [1.807, 2.05) is 0 Å². The van der Waals surface area contributed by atoms with E-state index in [-0.39, 0.29) is 5.41 Å². The molecule has 0 aromatic carbocycles. The second-order valence-corrected chi connectivity index (χ2v) is 10.6. The lowest BCUT2D eigenvalue weighted by molar-refractivity contribution is -0.170. The van der Waals surface area contributed by atoms with Crippen LogP contribution in [0.15, 0.2) is 0 Å². The molecule has 0 heterocycles. The predicted octanol–water partition coefficient (Wildman–Crippen LogP) is 4.52. The first-order valence-corrected chi connectivity index (χ1v) is 9.49. The van der Waals surface area contributed by atoms with Crippen LogP contribution in [-0.2, 0) is 4.79 Å². The Balaban J connectivity index is 1.74. The lowest BCUT2D eigenvalue weighted by Crippen LogP contribution is -2.60. The molecule has 0 radical (unpaired) electrons. The molecule has 4 saturated carbocycles. The van der Waals surface area contributed by atoms with Gasteiger partial charge in [0.15, 0.2) is 0 Å². The summed E-state index contributed by atoms with van der Waals surface area (Å²) in [5.41, 5.74) is 0.765. The van der Waals surface area contributed by atoms with Gasteiger partial charge in [0.25, 0.3) is 0 Å².